The summed E-state index contributed by atoms with van der Waals surface area (Å²) in [4.78, 5) is 2.27. The molecule has 0 amide bonds. The minimum absolute atomic E-state index is 0.00937. The molecule has 1 heterocycles. The normalized spacial score (nSPS) is 23.8. The van der Waals surface area contributed by atoms with Gasteiger partial charge in [-0.1, -0.05) is 24.6 Å². The topological polar surface area (TPSA) is 72.9 Å². The standard InChI is InChI=1S/C17H29N3O3S/c1-14-8-7-9-15(2)20(14)13-17(21)12-18-24(22,23)19(3)16-10-5-4-6-11-16/h4-6,10-11,14-15,17-18,21H,7-9,12-13H2,1-3H3/t14-,15+,17-/m0/s1. The van der Waals surface area contributed by atoms with Gasteiger partial charge < -0.3 is 5.11 Å². The van der Waals surface area contributed by atoms with Crippen LogP contribution >= 0.6 is 0 Å². The fourth-order valence-electron chi connectivity index (χ4n) is 3.22. The molecule has 1 aromatic carbocycles. The molecule has 6 nitrogen and oxygen atoms in total. The van der Waals surface area contributed by atoms with E-state index in [1.54, 1.807) is 24.3 Å². The molecular formula is C17H29N3O3S. The first-order chi connectivity index (χ1) is 11.3. The number of aliphatic hydroxyl groups excluding tert-OH is 1. The summed E-state index contributed by atoms with van der Waals surface area (Å²) >= 11 is 0. The summed E-state index contributed by atoms with van der Waals surface area (Å²) in [5.74, 6) is 0. The summed E-state index contributed by atoms with van der Waals surface area (Å²) in [7, 11) is -2.17. The van der Waals surface area contributed by atoms with Crippen molar-refractivity contribution >= 4 is 15.9 Å². The van der Waals surface area contributed by atoms with Crippen molar-refractivity contribution in [3.05, 3.63) is 30.3 Å². The first-order valence-corrected chi connectivity index (χ1v) is 9.97. The summed E-state index contributed by atoms with van der Waals surface area (Å²) in [5.41, 5.74) is 0.581. The number of hydrogen-bond acceptors (Lipinski definition) is 4. The Morgan fingerprint density at radius 1 is 1.25 bits per heavy atom. The third-order valence-electron chi connectivity index (χ3n) is 4.78. The zero-order chi connectivity index (χ0) is 17.7. The highest BCUT2D eigenvalue weighted by molar-refractivity contribution is 7.90. The van der Waals surface area contributed by atoms with E-state index in [0.717, 1.165) is 12.8 Å². The highest BCUT2D eigenvalue weighted by Gasteiger charge is 2.27. The summed E-state index contributed by atoms with van der Waals surface area (Å²) < 4.78 is 28.4. The van der Waals surface area contributed by atoms with E-state index in [9.17, 15) is 13.5 Å². The number of likely N-dealkylation sites (tertiary alicyclic amines) is 1. The molecule has 0 aromatic heterocycles. The van der Waals surface area contributed by atoms with Crippen molar-refractivity contribution in [3.8, 4) is 0 Å². The van der Waals surface area contributed by atoms with Crippen LogP contribution in [0.25, 0.3) is 0 Å². The summed E-state index contributed by atoms with van der Waals surface area (Å²) in [6.07, 6.45) is 2.73. The molecule has 0 unspecified atom stereocenters. The van der Waals surface area contributed by atoms with Crippen LogP contribution in [0, 0.1) is 0 Å². The molecule has 0 spiro atoms. The highest BCUT2D eigenvalue weighted by Crippen LogP contribution is 2.22. The van der Waals surface area contributed by atoms with E-state index in [4.69, 9.17) is 0 Å². The molecule has 1 aromatic rings. The van der Waals surface area contributed by atoms with E-state index < -0.39 is 16.3 Å². The van der Waals surface area contributed by atoms with Crippen LogP contribution in [0.1, 0.15) is 33.1 Å². The summed E-state index contributed by atoms with van der Waals surface area (Å²) in [6.45, 7) is 4.82. The van der Waals surface area contributed by atoms with Crippen molar-refractivity contribution in [2.45, 2.75) is 51.3 Å². The van der Waals surface area contributed by atoms with Crippen molar-refractivity contribution in [1.82, 2.24) is 9.62 Å². The monoisotopic (exact) mass is 355 g/mol. The lowest BCUT2D eigenvalue weighted by Crippen LogP contribution is -2.50. The van der Waals surface area contributed by atoms with Gasteiger partial charge in [-0.3, -0.25) is 9.21 Å². The maximum absolute atomic E-state index is 12.3. The lowest BCUT2D eigenvalue weighted by atomic mass is 9.97. The van der Waals surface area contributed by atoms with Gasteiger partial charge in [-0.2, -0.15) is 13.1 Å². The van der Waals surface area contributed by atoms with Crippen molar-refractivity contribution in [1.29, 1.82) is 0 Å². The van der Waals surface area contributed by atoms with Gasteiger partial charge in [0.25, 0.3) is 0 Å². The Morgan fingerprint density at radius 2 is 1.83 bits per heavy atom. The number of rotatable bonds is 7. The first kappa shape index (κ1) is 19.2. The number of nitrogens with one attached hydrogen (secondary N) is 1. The Balaban J connectivity index is 1.89. The van der Waals surface area contributed by atoms with Gasteiger partial charge in [-0.25, -0.2) is 0 Å². The fourth-order valence-corrected chi connectivity index (χ4v) is 4.21. The van der Waals surface area contributed by atoms with Gasteiger partial charge in [0.2, 0.25) is 0 Å². The molecule has 1 aliphatic heterocycles. The van der Waals surface area contributed by atoms with Gasteiger partial charge in [0.1, 0.15) is 0 Å². The number of β-amino-alcohol motifs (C(OH)–C–C–N with tert-alkyl or cyclic N) is 1. The third-order valence-corrected chi connectivity index (χ3v) is 6.24. The molecule has 136 valence electrons. The van der Waals surface area contributed by atoms with Gasteiger partial charge in [0.15, 0.2) is 0 Å². The number of para-hydroxylation sites is 1. The van der Waals surface area contributed by atoms with E-state index >= 15 is 0 Å². The van der Waals surface area contributed by atoms with Crippen LogP contribution in [-0.4, -0.2) is 56.7 Å². The molecule has 2 N–H and O–H groups in total. The summed E-state index contributed by atoms with van der Waals surface area (Å²) in [5, 5.41) is 10.3. The van der Waals surface area contributed by atoms with Crippen LogP contribution in [0.2, 0.25) is 0 Å². The van der Waals surface area contributed by atoms with E-state index in [0.29, 0.717) is 24.3 Å². The minimum atomic E-state index is -3.67. The van der Waals surface area contributed by atoms with Crippen LogP contribution < -0.4 is 9.03 Å². The van der Waals surface area contributed by atoms with Gasteiger partial charge in [0.05, 0.1) is 11.8 Å². The minimum Gasteiger partial charge on any atom is -0.390 e. The molecule has 7 heteroatoms. The largest absolute Gasteiger partial charge is 0.390 e. The molecule has 0 bridgehead atoms. The lowest BCUT2D eigenvalue weighted by Gasteiger charge is -2.40. The Kier molecular flexibility index (Phi) is 6.62. The zero-order valence-electron chi connectivity index (χ0n) is 14.7. The number of nitrogens with zero attached hydrogens (tertiary/aromatic N) is 2. The molecule has 1 aliphatic rings. The van der Waals surface area contributed by atoms with Gasteiger partial charge in [0, 0.05) is 32.2 Å². The lowest BCUT2D eigenvalue weighted by molar-refractivity contribution is 0.0438. The van der Waals surface area contributed by atoms with Crippen molar-refractivity contribution < 1.29 is 13.5 Å². The fraction of sp³-hybridized carbons (Fsp3) is 0.647. The Bertz CT molecular complexity index is 599. The molecule has 0 radical (unpaired) electrons. The van der Waals surface area contributed by atoms with E-state index in [1.807, 2.05) is 6.07 Å². The molecule has 0 saturated carbocycles. The van der Waals surface area contributed by atoms with Gasteiger partial charge in [-0.15, -0.1) is 0 Å². The number of benzene rings is 1. The average Bonchev–Trinajstić information content (AvgIpc) is 2.56. The van der Waals surface area contributed by atoms with Crippen LogP contribution in [0.4, 0.5) is 5.69 Å². The maximum Gasteiger partial charge on any atom is 0.301 e. The quantitative estimate of drug-likeness (QED) is 0.779. The predicted molar refractivity (Wildman–Crippen MR) is 97.3 cm³/mol. The summed E-state index contributed by atoms with van der Waals surface area (Å²) in [6, 6.07) is 9.71. The van der Waals surface area contributed by atoms with E-state index in [2.05, 4.69) is 23.5 Å². The second kappa shape index (κ2) is 8.29. The second-order valence-electron chi connectivity index (χ2n) is 6.64. The molecule has 1 fully saturated rings. The van der Waals surface area contributed by atoms with Crippen LogP contribution in [0.5, 0.6) is 0 Å². The van der Waals surface area contributed by atoms with Crippen molar-refractivity contribution in [2.75, 3.05) is 24.4 Å². The molecule has 2 rings (SSSR count). The van der Waals surface area contributed by atoms with Crippen molar-refractivity contribution in [3.63, 3.8) is 0 Å². The van der Waals surface area contributed by atoms with Gasteiger partial charge >= 0.3 is 10.2 Å². The van der Waals surface area contributed by atoms with Crippen molar-refractivity contribution in [2.24, 2.45) is 0 Å². The molecular weight excluding hydrogens is 326 g/mol. The van der Waals surface area contributed by atoms with Crippen LogP contribution in [0.15, 0.2) is 30.3 Å². The Labute approximate surface area is 145 Å². The third kappa shape index (κ3) is 4.92. The Morgan fingerprint density at radius 3 is 2.42 bits per heavy atom. The SMILES string of the molecule is C[C@@H]1CCC[C@H](C)N1C[C@@H](O)CNS(=O)(=O)N(C)c1ccccc1. The van der Waals surface area contributed by atoms with Crippen LogP contribution in [0.3, 0.4) is 0 Å². The molecule has 24 heavy (non-hydrogen) atoms. The van der Waals surface area contributed by atoms with E-state index in [1.165, 1.54) is 17.8 Å². The number of anilines is 1. The van der Waals surface area contributed by atoms with Gasteiger partial charge in [-0.05, 0) is 38.8 Å². The molecule has 3 atom stereocenters. The average molecular weight is 356 g/mol. The Hall–Kier alpha value is -1.15. The zero-order valence-corrected chi connectivity index (χ0v) is 15.5. The first-order valence-electron chi connectivity index (χ1n) is 8.53. The number of hydrogen-bond donors (Lipinski definition) is 2. The maximum atomic E-state index is 12.3. The molecule has 1 saturated heterocycles. The number of piperidine rings is 1. The number of aliphatic hydroxyl groups is 1. The molecule has 0 aliphatic carbocycles. The predicted octanol–water partition coefficient (Wildman–Crippen LogP) is 1.58. The van der Waals surface area contributed by atoms with Crippen LogP contribution in [-0.2, 0) is 10.2 Å². The second-order valence-corrected chi connectivity index (χ2v) is 8.42. The smallest absolute Gasteiger partial charge is 0.301 e. The highest BCUT2D eigenvalue weighted by atomic mass is 32.2. The van der Waals surface area contributed by atoms with E-state index in [-0.39, 0.29) is 6.54 Å².